The molecule has 1 aromatic rings. The maximum absolute atomic E-state index is 11.1. The van der Waals surface area contributed by atoms with Gasteiger partial charge in [-0.15, -0.1) is 0 Å². The van der Waals surface area contributed by atoms with E-state index in [1.807, 2.05) is 6.92 Å². The number of benzene rings is 1. The lowest BCUT2D eigenvalue weighted by Gasteiger charge is -2.30. The number of rotatable bonds is 6. The van der Waals surface area contributed by atoms with Crippen LogP contribution in [0, 0.1) is 0 Å². The summed E-state index contributed by atoms with van der Waals surface area (Å²) in [5, 5.41) is 21.7. The first kappa shape index (κ1) is 13.7. The molecular weight excluding hydrogens is 218 g/mol. The molecule has 17 heavy (non-hydrogen) atoms. The largest absolute Gasteiger partial charge is 0.394 e. The van der Waals surface area contributed by atoms with E-state index in [-0.39, 0.29) is 19.0 Å². The van der Waals surface area contributed by atoms with Gasteiger partial charge in [-0.3, -0.25) is 4.79 Å². The second-order valence-corrected chi connectivity index (χ2v) is 4.21. The monoisotopic (exact) mass is 237 g/mol. The number of hydrogen-bond donors (Lipinski definition) is 3. The highest BCUT2D eigenvalue weighted by Crippen LogP contribution is 2.19. The van der Waals surface area contributed by atoms with E-state index in [0.29, 0.717) is 12.0 Å². The first-order valence-corrected chi connectivity index (χ1v) is 5.68. The Balaban J connectivity index is 2.84. The van der Waals surface area contributed by atoms with Gasteiger partial charge >= 0.3 is 0 Å². The van der Waals surface area contributed by atoms with Gasteiger partial charge in [-0.1, -0.05) is 6.92 Å². The van der Waals surface area contributed by atoms with Crippen molar-refractivity contribution >= 4 is 11.5 Å². The summed E-state index contributed by atoms with van der Waals surface area (Å²) in [5.41, 5.74) is 0.711. The van der Waals surface area contributed by atoms with E-state index in [1.165, 1.54) is 6.92 Å². The van der Waals surface area contributed by atoms with Crippen LogP contribution >= 0.6 is 0 Å². The Kier molecular flexibility index (Phi) is 4.66. The maximum Gasteiger partial charge on any atom is 0.159 e. The highest BCUT2D eigenvalue weighted by atomic mass is 16.3. The lowest BCUT2D eigenvalue weighted by molar-refractivity contribution is 0.101. The summed E-state index contributed by atoms with van der Waals surface area (Å²) in [6.07, 6.45) is 0.606. The van der Waals surface area contributed by atoms with Crippen molar-refractivity contribution in [2.24, 2.45) is 0 Å². The third-order valence-corrected chi connectivity index (χ3v) is 2.98. The van der Waals surface area contributed by atoms with Crippen LogP contribution in [0.15, 0.2) is 24.3 Å². The summed E-state index contributed by atoms with van der Waals surface area (Å²) >= 11 is 0. The van der Waals surface area contributed by atoms with E-state index in [0.717, 1.165) is 5.69 Å². The Morgan fingerprint density at radius 3 is 2.12 bits per heavy atom. The summed E-state index contributed by atoms with van der Waals surface area (Å²) in [5.74, 6) is 0.0163. The van der Waals surface area contributed by atoms with Gasteiger partial charge < -0.3 is 15.5 Å². The molecule has 0 atom stereocenters. The molecule has 0 saturated carbocycles. The number of hydrogen-bond acceptors (Lipinski definition) is 4. The summed E-state index contributed by atoms with van der Waals surface area (Å²) in [7, 11) is 0. The lowest BCUT2D eigenvalue weighted by Crippen LogP contribution is -2.45. The fourth-order valence-electron chi connectivity index (χ4n) is 1.54. The van der Waals surface area contributed by atoms with Crippen molar-refractivity contribution in [1.29, 1.82) is 0 Å². The molecule has 0 amide bonds. The topological polar surface area (TPSA) is 69.6 Å². The van der Waals surface area contributed by atoms with Gasteiger partial charge in [0, 0.05) is 11.3 Å². The minimum Gasteiger partial charge on any atom is -0.394 e. The first-order valence-electron chi connectivity index (χ1n) is 5.68. The van der Waals surface area contributed by atoms with Gasteiger partial charge in [-0.05, 0) is 37.6 Å². The van der Waals surface area contributed by atoms with Gasteiger partial charge in [-0.2, -0.15) is 0 Å². The summed E-state index contributed by atoms with van der Waals surface area (Å²) in [4.78, 5) is 11.1. The molecule has 0 aliphatic rings. The molecule has 0 aromatic heterocycles. The van der Waals surface area contributed by atoms with Gasteiger partial charge in [-0.25, -0.2) is 0 Å². The van der Waals surface area contributed by atoms with Crippen LogP contribution in [-0.2, 0) is 0 Å². The fourth-order valence-corrected chi connectivity index (χ4v) is 1.54. The van der Waals surface area contributed by atoms with E-state index < -0.39 is 5.54 Å². The standard InChI is InChI=1S/C13H19NO3/c1-3-13(8-15,9-16)14-12-6-4-11(5-7-12)10(2)17/h4-7,14-16H,3,8-9H2,1-2H3. The van der Waals surface area contributed by atoms with Gasteiger partial charge in [0.15, 0.2) is 5.78 Å². The molecule has 0 heterocycles. The zero-order chi connectivity index (χ0) is 12.9. The maximum atomic E-state index is 11.1. The molecule has 0 fully saturated rings. The van der Waals surface area contributed by atoms with Crippen LogP contribution in [-0.4, -0.2) is 34.7 Å². The van der Waals surface area contributed by atoms with Gasteiger partial charge in [0.25, 0.3) is 0 Å². The van der Waals surface area contributed by atoms with Crippen molar-refractivity contribution < 1.29 is 15.0 Å². The number of carbonyl (C=O) groups is 1. The van der Waals surface area contributed by atoms with Crippen LogP contribution in [0.25, 0.3) is 0 Å². The first-order chi connectivity index (χ1) is 8.06. The third-order valence-electron chi connectivity index (χ3n) is 2.98. The molecular formula is C13H19NO3. The second kappa shape index (κ2) is 5.80. The molecule has 1 aromatic carbocycles. The van der Waals surface area contributed by atoms with Crippen LogP contribution in [0.2, 0.25) is 0 Å². The van der Waals surface area contributed by atoms with Crippen LogP contribution in [0.5, 0.6) is 0 Å². The van der Waals surface area contributed by atoms with Crippen LogP contribution in [0.4, 0.5) is 5.69 Å². The molecule has 0 spiro atoms. The summed E-state index contributed by atoms with van der Waals surface area (Å²) in [6.45, 7) is 3.12. The molecule has 0 unspecified atom stereocenters. The second-order valence-electron chi connectivity index (χ2n) is 4.21. The molecule has 0 aliphatic carbocycles. The van der Waals surface area contributed by atoms with E-state index in [2.05, 4.69) is 5.32 Å². The number of carbonyl (C=O) groups excluding carboxylic acids is 1. The predicted octanol–water partition coefficient (Wildman–Crippen LogP) is 1.43. The highest BCUT2D eigenvalue weighted by molar-refractivity contribution is 5.94. The molecule has 0 bridgehead atoms. The molecule has 94 valence electrons. The smallest absolute Gasteiger partial charge is 0.159 e. The Morgan fingerprint density at radius 2 is 1.76 bits per heavy atom. The van der Waals surface area contributed by atoms with Gasteiger partial charge in [0.2, 0.25) is 0 Å². The number of aliphatic hydroxyl groups is 2. The number of ketones is 1. The molecule has 4 nitrogen and oxygen atoms in total. The normalized spacial score (nSPS) is 11.3. The quantitative estimate of drug-likeness (QED) is 0.655. The zero-order valence-corrected chi connectivity index (χ0v) is 10.2. The highest BCUT2D eigenvalue weighted by Gasteiger charge is 2.25. The molecule has 4 heteroatoms. The van der Waals surface area contributed by atoms with Crippen LogP contribution < -0.4 is 5.32 Å². The minimum atomic E-state index is -0.711. The molecule has 0 aliphatic heterocycles. The Bertz CT molecular complexity index is 360. The summed E-state index contributed by atoms with van der Waals surface area (Å²) in [6, 6.07) is 6.98. The van der Waals surface area contributed by atoms with Crippen molar-refractivity contribution in [1.82, 2.24) is 0 Å². The van der Waals surface area contributed by atoms with Crippen molar-refractivity contribution in [2.45, 2.75) is 25.8 Å². The number of aliphatic hydroxyl groups excluding tert-OH is 2. The molecule has 0 radical (unpaired) electrons. The minimum absolute atomic E-state index is 0.0163. The van der Waals surface area contributed by atoms with Gasteiger partial charge in [0.1, 0.15) is 0 Å². The van der Waals surface area contributed by atoms with E-state index in [9.17, 15) is 15.0 Å². The Hall–Kier alpha value is -1.39. The fraction of sp³-hybridized carbons (Fsp3) is 0.462. The third kappa shape index (κ3) is 3.28. The van der Waals surface area contributed by atoms with E-state index in [1.54, 1.807) is 24.3 Å². The van der Waals surface area contributed by atoms with Crippen LogP contribution in [0.3, 0.4) is 0 Å². The van der Waals surface area contributed by atoms with Crippen LogP contribution in [0.1, 0.15) is 30.6 Å². The molecule has 1 rings (SSSR count). The number of Topliss-reactive ketones (excluding diaryl/α,β-unsaturated/α-hetero) is 1. The SMILES string of the molecule is CCC(CO)(CO)Nc1ccc(C(C)=O)cc1. The average Bonchev–Trinajstić information content (AvgIpc) is 2.37. The van der Waals surface area contributed by atoms with Crippen molar-refractivity contribution in [3.63, 3.8) is 0 Å². The number of anilines is 1. The Labute approximate surface area is 101 Å². The zero-order valence-electron chi connectivity index (χ0n) is 10.2. The lowest BCUT2D eigenvalue weighted by atomic mass is 9.98. The van der Waals surface area contributed by atoms with Crippen molar-refractivity contribution in [2.75, 3.05) is 18.5 Å². The van der Waals surface area contributed by atoms with E-state index in [4.69, 9.17) is 0 Å². The number of nitrogens with one attached hydrogen (secondary N) is 1. The van der Waals surface area contributed by atoms with Crippen molar-refractivity contribution in [3.05, 3.63) is 29.8 Å². The van der Waals surface area contributed by atoms with Gasteiger partial charge in [0.05, 0.1) is 18.8 Å². The summed E-state index contributed by atoms with van der Waals surface area (Å²) < 4.78 is 0. The van der Waals surface area contributed by atoms with Crippen molar-refractivity contribution in [3.8, 4) is 0 Å². The molecule has 3 N–H and O–H groups in total. The van der Waals surface area contributed by atoms with E-state index >= 15 is 0 Å². The average molecular weight is 237 g/mol. The predicted molar refractivity (Wildman–Crippen MR) is 67.3 cm³/mol. The molecule has 0 saturated heterocycles. The Morgan fingerprint density at radius 1 is 1.24 bits per heavy atom.